The first-order valence-electron chi connectivity index (χ1n) is 16.6. The molecule has 0 bridgehead atoms. The lowest BCUT2D eigenvalue weighted by Crippen LogP contribution is -2.16. The maximum Gasteiger partial charge on any atom is 0.222 e. The Labute approximate surface area is 295 Å². The Morgan fingerprint density at radius 1 is 0.549 bits per heavy atom. The van der Waals surface area contributed by atoms with Gasteiger partial charge in [0.2, 0.25) is 5.69 Å². The summed E-state index contributed by atoms with van der Waals surface area (Å²) < 4.78 is 29.8. The number of halogens is 2. The zero-order valence-corrected chi connectivity index (χ0v) is 27.9. The fourth-order valence-corrected chi connectivity index (χ4v) is 7.24. The summed E-state index contributed by atoms with van der Waals surface area (Å²) in [7, 11) is 0. The molecule has 0 aliphatic heterocycles. The smallest absolute Gasteiger partial charge is 0.222 e. The molecule has 0 heterocycles. The fraction of sp³-hybridized carbons (Fsp3) is 0.0667. The van der Waals surface area contributed by atoms with Gasteiger partial charge in [-0.3, -0.25) is 0 Å². The van der Waals surface area contributed by atoms with Crippen LogP contribution in [-0.4, -0.2) is 0 Å². The number of fused-ring (bicyclic) bond motifs is 4. The van der Waals surface area contributed by atoms with Gasteiger partial charge in [0, 0.05) is 39.5 Å². The second-order valence-electron chi connectivity index (χ2n) is 13.1. The summed E-state index contributed by atoms with van der Waals surface area (Å²) in [6.07, 6.45) is 0. The molecule has 0 radical (unpaired) electrons. The van der Waals surface area contributed by atoms with Crippen molar-refractivity contribution < 1.29 is 8.78 Å². The van der Waals surface area contributed by atoms with Crippen LogP contribution < -0.4 is 9.80 Å². The number of benzene rings is 7. The topological polar surface area (TPSA) is 34.6 Å². The molecule has 0 saturated heterocycles. The third-order valence-corrected chi connectivity index (χ3v) is 9.79. The van der Waals surface area contributed by atoms with Crippen LogP contribution in [-0.2, 0) is 5.41 Å². The van der Waals surface area contributed by atoms with E-state index in [0.717, 1.165) is 50.2 Å². The molecule has 0 saturated carbocycles. The number of hydrogen-bond acceptors (Lipinski definition) is 3. The molecule has 244 valence electrons. The number of para-hydroxylation sites is 2. The highest BCUT2D eigenvalue weighted by Crippen LogP contribution is 2.52. The van der Waals surface area contributed by atoms with Crippen molar-refractivity contribution in [3.05, 3.63) is 185 Å². The first-order chi connectivity index (χ1) is 24.8. The van der Waals surface area contributed by atoms with Gasteiger partial charge in [-0.15, -0.1) is 0 Å². The third kappa shape index (κ3) is 5.35. The highest BCUT2D eigenvalue weighted by atomic mass is 19.1. The molecular weight excluding hydrogens is 635 g/mol. The SMILES string of the molecule is [C-]#[N+]c1ccc(N(c2ccccc2)c2ccc3c(c2)C(C)(C)c2cc4cc(N(c5ccccc5)c5ccc(C#N)c(F)c5)ccc4cc2-3)cc1F. The summed E-state index contributed by atoms with van der Waals surface area (Å²) in [5.74, 6) is -1.12. The number of nitrogens with zero attached hydrogens (tertiary/aromatic N) is 4. The van der Waals surface area contributed by atoms with Gasteiger partial charge < -0.3 is 9.80 Å². The highest BCUT2D eigenvalue weighted by Gasteiger charge is 2.36. The maximum atomic E-state index is 14.9. The molecule has 0 unspecified atom stereocenters. The van der Waals surface area contributed by atoms with Crippen LogP contribution in [0.3, 0.4) is 0 Å². The van der Waals surface area contributed by atoms with Gasteiger partial charge >= 0.3 is 0 Å². The van der Waals surface area contributed by atoms with Crippen LogP contribution in [0.25, 0.3) is 26.7 Å². The Morgan fingerprint density at radius 2 is 1.10 bits per heavy atom. The van der Waals surface area contributed by atoms with E-state index in [9.17, 15) is 14.0 Å². The van der Waals surface area contributed by atoms with Crippen LogP contribution in [0.4, 0.5) is 48.6 Å². The third-order valence-electron chi connectivity index (χ3n) is 9.79. The molecule has 7 aromatic carbocycles. The Kier molecular flexibility index (Phi) is 7.59. The predicted octanol–water partition coefficient (Wildman–Crippen LogP) is 12.8. The molecule has 6 heteroatoms. The monoisotopic (exact) mass is 664 g/mol. The van der Waals surface area contributed by atoms with Crippen molar-refractivity contribution in [3.63, 3.8) is 0 Å². The van der Waals surface area contributed by atoms with E-state index in [1.165, 1.54) is 29.8 Å². The minimum Gasteiger partial charge on any atom is -0.310 e. The molecule has 1 aliphatic rings. The summed E-state index contributed by atoms with van der Waals surface area (Å²) in [5, 5.41) is 11.5. The molecule has 4 nitrogen and oxygen atoms in total. The molecular formula is C45H30F2N4. The molecule has 8 rings (SSSR count). The standard InChI is InChI=1S/C45H30F2N4/c1-45(2)40-24-31-22-34(50(32-10-6-4-7-11-32)36-17-15-30(28-48)42(46)26-36)16-14-29(31)23-39(40)38-20-18-35(25-41(38)45)51(33-12-8-5-9-13-33)37-19-21-44(49-3)43(47)27-37/h4-27H,1-2H3. The molecule has 0 atom stereocenters. The number of rotatable bonds is 6. The summed E-state index contributed by atoms with van der Waals surface area (Å²) in [4.78, 5) is 7.32. The zero-order valence-electron chi connectivity index (χ0n) is 27.9. The summed E-state index contributed by atoms with van der Waals surface area (Å²) >= 11 is 0. The number of nitriles is 1. The maximum absolute atomic E-state index is 14.9. The van der Waals surface area contributed by atoms with E-state index in [0.29, 0.717) is 11.4 Å². The van der Waals surface area contributed by atoms with E-state index in [-0.39, 0.29) is 16.7 Å². The van der Waals surface area contributed by atoms with Crippen molar-refractivity contribution in [1.29, 1.82) is 5.26 Å². The lowest BCUT2D eigenvalue weighted by Gasteiger charge is -2.28. The minimum atomic E-state index is -0.565. The molecule has 51 heavy (non-hydrogen) atoms. The van der Waals surface area contributed by atoms with Gasteiger partial charge in [0.25, 0.3) is 0 Å². The van der Waals surface area contributed by atoms with Crippen molar-refractivity contribution in [2.45, 2.75) is 19.3 Å². The van der Waals surface area contributed by atoms with Gasteiger partial charge in [0.1, 0.15) is 17.7 Å². The predicted molar refractivity (Wildman–Crippen MR) is 202 cm³/mol. The van der Waals surface area contributed by atoms with Gasteiger partial charge in [-0.2, -0.15) is 5.26 Å². The Hall–Kier alpha value is -6.76. The average Bonchev–Trinajstić information content (AvgIpc) is 3.36. The van der Waals surface area contributed by atoms with Gasteiger partial charge in [0.05, 0.1) is 12.1 Å². The van der Waals surface area contributed by atoms with Gasteiger partial charge in [-0.05, 0) is 124 Å². The van der Waals surface area contributed by atoms with Gasteiger partial charge in [-0.25, -0.2) is 13.6 Å². The Balaban J connectivity index is 1.23. The quantitative estimate of drug-likeness (QED) is 0.166. The zero-order chi connectivity index (χ0) is 35.3. The molecule has 0 amide bonds. The van der Waals surface area contributed by atoms with E-state index in [1.807, 2.05) is 82.6 Å². The second-order valence-corrected chi connectivity index (χ2v) is 13.1. The molecule has 0 N–H and O–H groups in total. The van der Waals surface area contributed by atoms with Crippen LogP contribution >= 0.6 is 0 Å². The molecule has 0 spiro atoms. The number of anilines is 6. The molecule has 7 aromatic rings. The molecule has 0 fully saturated rings. The van der Waals surface area contributed by atoms with Crippen molar-refractivity contribution in [2.75, 3.05) is 9.80 Å². The van der Waals surface area contributed by atoms with Crippen LogP contribution in [0, 0.1) is 29.5 Å². The van der Waals surface area contributed by atoms with Crippen molar-refractivity contribution in [2.24, 2.45) is 0 Å². The highest BCUT2D eigenvalue weighted by molar-refractivity contribution is 5.97. The number of hydrogen-bond donors (Lipinski definition) is 0. The Morgan fingerprint density at radius 3 is 1.71 bits per heavy atom. The first-order valence-corrected chi connectivity index (χ1v) is 16.6. The lowest BCUT2D eigenvalue weighted by molar-refractivity contribution is 0.624. The lowest BCUT2D eigenvalue weighted by atomic mass is 9.81. The van der Waals surface area contributed by atoms with Crippen molar-refractivity contribution in [1.82, 2.24) is 0 Å². The summed E-state index contributed by atoms with van der Waals surface area (Å²) in [6, 6.07) is 48.1. The van der Waals surface area contributed by atoms with E-state index in [1.54, 1.807) is 12.1 Å². The first kappa shape index (κ1) is 31.5. The van der Waals surface area contributed by atoms with Crippen LogP contribution in [0.1, 0.15) is 30.5 Å². The van der Waals surface area contributed by atoms with Gasteiger partial charge in [0.15, 0.2) is 0 Å². The van der Waals surface area contributed by atoms with Crippen molar-refractivity contribution >= 4 is 50.6 Å². The van der Waals surface area contributed by atoms with Crippen LogP contribution in [0.5, 0.6) is 0 Å². The molecule has 0 aromatic heterocycles. The summed E-state index contributed by atoms with van der Waals surface area (Å²) in [6.45, 7) is 11.8. The van der Waals surface area contributed by atoms with Crippen molar-refractivity contribution in [3.8, 4) is 17.2 Å². The average molecular weight is 665 g/mol. The van der Waals surface area contributed by atoms with E-state index in [4.69, 9.17) is 6.57 Å². The Bertz CT molecular complexity index is 2570. The largest absolute Gasteiger partial charge is 0.310 e. The van der Waals surface area contributed by atoms with Gasteiger partial charge in [-0.1, -0.05) is 68.4 Å². The normalized spacial score (nSPS) is 12.4. The van der Waals surface area contributed by atoms with E-state index in [2.05, 4.69) is 61.2 Å². The van der Waals surface area contributed by atoms with E-state index >= 15 is 0 Å². The summed E-state index contributed by atoms with van der Waals surface area (Å²) in [5.41, 5.74) is 9.02. The molecule has 1 aliphatic carbocycles. The minimum absolute atomic E-state index is 0.00264. The van der Waals surface area contributed by atoms with E-state index < -0.39 is 11.6 Å². The van der Waals surface area contributed by atoms with Crippen LogP contribution in [0.2, 0.25) is 0 Å². The fourth-order valence-electron chi connectivity index (χ4n) is 7.24. The second kappa shape index (κ2) is 12.3. The van der Waals surface area contributed by atoms with Crippen LogP contribution in [0.15, 0.2) is 146 Å².